The number of hydrogen-bond acceptors (Lipinski definition) is 3. The number of nitrogens with one attached hydrogen (secondary N) is 1. The molecule has 1 fully saturated rings. The molecule has 17 heavy (non-hydrogen) atoms. The summed E-state index contributed by atoms with van der Waals surface area (Å²) < 4.78 is 5.62. The van der Waals surface area contributed by atoms with Crippen LogP contribution >= 0.6 is 0 Å². The molecule has 102 valence electrons. The third-order valence-electron chi connectivity index (χ3n) is 3.63. The summed E-state index contributed by atoms with van der Waals surface area (Å²) in [6, 6.07) is 0.655. The summed E-state index contributed by atoms with van der Waals surface area (Å²) in [5, 5.41) is 3.60. The largest absolute Gasteiger partial charge is 0.381 e. The molecule has 0 saturated carbocycles. The van der Waals surface area contributed by atoms with Gasteiger partial charge in [-0.05, 0) is 33.0 Å². The number of nitrogens with zero attached hydrogens (tertiary/aromatic N) is 1. The van der Waals surface area contributed by atoms with Crippen LogP contribution in [0, 0.1) is 5.92 Å². The molecule has 0 aromatic rings. The quantitative estimate of drug-likeness (QED) is 0.660. The van der Waals surface area contributed by atoms with Gasteiger partial charge in [0.2, 0.25) is 0 Å². The van der Waals surface area contributed by atoms with Crippen molar-refractivity contribution in [3.63, 3.8) is 0 Å². The van der Waals surface area contributed by atoms with E-state index in [1.807, 2.05) is 0 Å². The summed E-state index contributed by atoms with van der Waals surface area (Å²) in [7, 11) is 2.24. The van der Waals surface area contributed by atoms with Crippen LogP contribution in [-0.4, -0.2) is 50.8 Å². The Morgan fingerprint density at radius 3 is 2.82 bits per heavy atom. The minimum absolute atomic E-state index is 0.655. The van der Waals surface area contributed by atoms with Crippen molar-refractivity contribution in [1.82, 2.24) is 10.2 Å². The Balaban J connectivity index is 2.25. The molecular formula is C14H30N2O. The van der Waals surface area contributed by atoms with Crippen LogP contribution in [0.3, 0.4) is 0 Å². The van der Waals surface area contributed by atoms with Crippen LogP contribution in [0.25, 0.3) is 0 Å². The van der Waals surface area contributed by atoms with E-state index in [1.54, 1.807) is 0 Å². The van der Waals surface area contributed by atoms with Crippen LogP contribution in [0.5, 0.6) is 0 Å². The predicted octanol–water partition coefficient (Wildman–Crippen LogP) is 2.12. The number of rotatable bonds is 8. The molecule has 0 bridgehead atoms. The molecule has 0 spiro atoms. The fraction of sp³-hybridized carbons (Fsp3) is 1.00. The number of hydrogen-bond donors (Lipinski definition) is 1. The van der Waals surface area contributed by atoms with Gasteiger partial charge < -0.3 is 15.0 Å². The van der Waals surface area contributed by atoms with Crippen molar-refractivity contribution in [2.45, 2.75) is 45.6 Å². The molecule has 1 rings (SSSR count). The number of ether oxygens (including phenoxy) is 1. The van der Waals surface area contributed by atoms with Crippen molar-refractivity contribution in [1.29, 1.82) is 0 Å². The van der Waals surface area contributed by atoms with Gasteiger partial charge >= 0.3 is 0 Å². The maximum Gasteiger partial charge on any atom is 0.0521 e. The molecule has 3 heteroatoms. The lowest BCUT2D eigenvalue weighted by atomic mass is 9.95. The monoisotopic (exact) mass is 242 g/mol. The molecule has 0 aromatic heterocycles. The zero-order valence-corrected chi connectivity index (χ0v) is 11.9. The van der Waals surface area contributed by atoms with Crippen LogP contribution in [0.1, 0.15) is 39.5 Å². The van der Waals surface area contributed by atoms with Gasteiger partial charge in [-0.25, -0.2) is 0 Å². The first-order valence-electron chi connectivity index (χ1n) is 7.27. The van der Waals surface area contributed by atoms with Gasteiger partial charge in [0, 0.05) is 25.1 Å². The van der Waals surface area contributed by atoms with Gasteiger partial charge in [-0.15, -0.1) is 0 Å². The lowest BCUT2D eigenvalue weighted by Crippen LogP contribution is -2.47. The van der Waals surface area contributed by atoms with E-state index in [-0.39, 0.29) is 0 Å². The first-order chi connectivity index (χ1) is 8.27. The second-order valence-electron chi connectivity index (χ2n) is 5.26. The van der Waals surface area contributed by atoms with Gasteiger partial charge in [0.25, 0.3) is 0 Å². The van der Waals surface area contributed by atoms with Crippen molar-refractivity contribution in [2.75, 3.05) is 39.9 Å². The fourth-order valence-corrected chi connectivity index (χ4v) is 2.63. The van der Waals surface area contributed by atoms with Crippen LogP contribution in [0.2, 0.25) is 0 Å². The van der Waals surface area contributed by atoms with E-state index in [0.29, 0.717) is 12.0 Å². The first kappa shape index (κ1) is 14.9. The van der Waals surface area contributed by atoms with Crippen molar-refractivity contribution in [3.8, 4) is 0 Å². The topological polar surface area (TPSA) is 24.5 Å². The Hall–Kier alpha value is -0.120. The number of unbranched alkanes of at least 4 members (excludes halogenated alkanes) is 2. The van der Waals surface area contributed by atoms with E-state index < -0.39 is 0 Å². The van der Waals surface area contributed by atoms with Crippen LogP contribution in [-0.2, 0) is 4.74 Å². The first-order valence-corrected chi connectivity index (χ1v) is 7.27. The summed E-state index contributed by atoms with van der Waals surface area (Å²) in [5.74, 6) is 0.662. The van der Waals surface area contributed by atoms with E-state index >= 15 is 0 Å². The highest BCUT2D eigenvalue weighted by Gasteiger charge is 2.25. The molecule has 3 nitrogen and oxygen atoms in total. The van der Waals surface area contributed by atoms with Gasteiger partial charge in [-0.3, -0.25) is 0 Å². The molecule has 0 aliphatic carbocycles. The SMILES string of the molecule is CCCCCN(C)CC1COCCC1NCC. The minimum atomic E-state index is 0.655. The lowest BCUT2D eigenvalue weighted by Gasteiger charge is -2.34. The second kappa shape index (κ2) is 8.90. The maximum absolute atomic E-state index is 5.62. The van der Waals surface area contributed by atoms with E-state index in [9.17, 15) is 0 Å². The van der Waals surface area contributed by atoms with Crippen LogP contribution in [0.4, 0.5) is 0 Å². The molecule has 1 heterocycles. The fourth-order valence-electron chi connectivity index (χ4n) is 2.63. The van der Waals surface area contributed by atoms with Gasteiger partial charge in [0.1, 0.15) is 0 Å². The summed E-state index contributed by atoms with van der Waals surface area (Å²) in [4.78, 5) is 2.47. The molecule has 1 N–H and O–H groups in total. The predicted molar refractivity (Wildman–Crippen MR) is 73.4 cm³/mol. The van der Waals surface area contributed by atoms with Crippen molar-refractivity contribution in [2.24, 2.45) is 5.92 Å². The summed E-state index contributed by atoms with van der Waals surface area (Å²) in [5.41, 5.74) is 0. The van der Waals surface area contributed by atoms with E-state index in [1.165, 1.54) is 38.8 Å². The molecular weight excluding hydrogens is 212 g/mol. The van der Waals surface area contributed by atoms with Gasteiger partial charge in [0.05, 0.1) is 6.61 Å². The summed E-state index contributed by atoms with van der Waals surface area (Å²) in [6.07, 6.45) is 5.15. The van der Waals surface area contributed by atoms with E-state index in [4.69, 9.17) is 4.74 Å². The highest BCUT2D eigenvalue weighted by molar-refractivity contribution is 4.81. The molecule has 2 unspecified atom stereocenters. The Morgan fingerprint density at radius 2 is 2.12 bits per heavy atom. The smallest absolute Gasteiger partial charge is 0.0521 e. The van der Waals surface area contributed by atoms with E-state index in [2.05, 4.69) is 31.1 Å². The van der Waals surface area contributed by atoms with Crippen molar-refractivity contribution >= 4 is 0 Å². The third-order valence-corrected chi connectivity index (χ3v) is 3.63. The molecule has 1 aliphatic rings. The Labute approximate surface area is 107 Å². The Kier molecular flexibility index (Phi) is 7.82. The maximum atomic E-state index is 5.62. The van der Waals surface area contributed by atoms with Gasteiger partial charge in [-0.1, -0.05) is 26.7 Å². The molecule has 2 atom stereocenters. The Bertz CT molecular complexity index is 185. The van der Waals surface area contributed by atoms with Crippen LogP contribution < -0.4 is 5.32 Å². The van der Waals surface area contributed by atoms with Gasteiger partial charge in [0.15, 0.2) is 0 Å². The average molecular weight is 242 g/mol. The van der Waals surface area contributed by atoms with Crippen molar-refractivity contribution < 1.29 is 4.74 Å². The molecule has 0 radical (unpaired) electrons. The third kappa shape index (κ3) is 5.84. The average Bonchev–Trinajstić information content (AvgIpc) is 2.32. The minimum Gasteiger partial charge on any atom is -0.381 e. The normalized spacial score (nSPS) is 25.4. The molecule has 1 aliphatic heterocycles. The summed E-state index contributed by atoms with van der Waals surface area (Å²) >= 11 is 0. The lowest BCUT2D eigenvalue weighted by molar-refractivity contribution is 0.0200. The highest BCUT2D eigenvalue weighted by atomic mass is 16.5. The highest BCUT2D eigenvalue weighted by Crippen LogP contribution is 2.16. The molecule has 0 aromatic carbocycles. The zero-order valence-electron chi connectivity index (χ0n) is 11.9. The van der Waals surface area contributed by atoms with Crippen LogP contribution in [0.15, 0.2) is 0 Å². The zero-order chi connectivity index (χ0) is 12.5. The molecule has 1 saturated heterocycles. The second-order valence-corrected chi connectivity index (χ2v) is 5.26. The standard InChI is InChI=1S/C14H30N2O/c1-4-6-7-9-16(3)11-13-12-17-10-8-14(13)15-5-2/h13-15H,4-12H2,1-3H3. The van der Waals surface area contributed by atoms with E-state index in [0.717, 1.165) is 19.8 Å². The Morgan fingerprint density at radius 1 is 1.29 bits per heavy atom. The summed E-state index contributed by atoms with van der Waals surface area (Å²) in [6.45, 7) is 9.77. The van der Waals surface area contributed by atoms with Gasteiger partial charge in [-0.2, -0.15) is 0 Å². The molecule has 0 amide bonds. The van der Waals surface area contributed by atoms with Crippen molar-refractivity contribution in [3.05, 3.63) is 0 Å².